The monoisotopic (exact) mass is 221 g/mol. The van der Waals surface area contributed by atoms with Crippen LogP contribution in [0.3, 0.4) is 0 Å². The van der Waals surface area contributed by atoms with Crippen molar-refractivity contribution in [3.05, 3.63) is 34.3 Å². The van der Waals surface area contributed by atoms with Gasteiger partial charge in [-0.25, -0.2) is 4.79 Å². The van der Waals surface area contributed by atoms with Crippen LogP contribution in [0, 0.1) is 0 Å². The molecule has 0 aliphatic carbocycles. The molecule has 0 bridgehead atoms. The minimum absolute atomic E-state index is 0.0859. The Labute approximate surface area is 92.9 Å². The molecule has 0 radical (unpaired) electrons. The molecule has 4 nitrogen and oxygen atoms in total. The Morgan fingerprint density at radius 1 is 1.50 bits per heavy atom. The van der Waals surface area contributed by atoms with Crippen LogP contribution in [0.4, 0.5) is 0 Å². The van der Waals surface area contributed by atoms with Gasteiger partial charge in [-0.2, -0.15) is 0 Å². The summed E-state index contributed by atoms with van der Waals surface area (Å²) in [6, 6.07) is 5.51. The maximum Gasteiger partial charge on any atom is 0.417 e. The lowest BCUT2D eigenvalue weighted by atomic mass is 9.92. The fourth-order valence-corrected chi connectivity index (χ4v) is 2.06. The topological polar surface area (TPSA) is 66.2 Å². The van der Waals surface area contributed by atoms with Crippen LogP contribution < -0.4 is 5.76 Å². The number of oxazole rings is 1. The van der Waals surface area contributed by atoms with Gasteiger partial charge in [-0.15, -0.1) is 0 Å². The van der Waals surface area contributed by atoms with E-state index in [9.17, 15) is 9.90 Å². The first-order valence-electron chi connectivity index (χ1n) is 5.42. The summed E-state index contributed by atoms with van der Waals surface area (Å²) < 4.78 is 4.92. The van der Waals surface area contributed by atoms with E-state index in [0.717, 1.165) is 12.0 Å². The predicted molar refractivity (Wildman–Crippen MR) is 61.5 cm³/mol. The molecule has 2 aromatic rings. The number of fused-ring (bicyclic) bond motifs is 1. The number of hydrogen-bond acceptors (Lipinski definition) is 3. The van der Waals surface area contributed by atoms with E-state index in [1.165, 1.54) is 0 Å². The molecule has 2 atom stereocenters. The van der Waals surface area contributed by atoms with Crippen LogP contribution >= 0.6 is 0 Å². The Kier molecular flexibility index (Phi) is 2.83. The summed E-state index contributed by atoms with van der Waals surface area (Å²) in [5.41, 5.74) is 2.25. The highest BCUT2D eigenvalue weighted by molar-refractivity contribution is 5.73. The smallest absolute Gasteiger partial charge is 0.408 e. The lowest BCUT2D eigenvalue weighted by molar-refractivity contribution is 0.160. The summed E-state index contributed by atoms with van der Waals surface area (Å²) in [7, 11) is 0. The van der Waals surface area contributed by atoms with Gasteiger partial charge in [0, 0.05) is 5.92 Å². The number of nitrogens with one attached hydrogen (secondary N) is 1. The van der Waals surface area contributed by atoms with Crippen molar-refractivity contribution in [2.24, 2.45) is 0 Å². The number of aromatic amines is 1. The van der Waals surface area contributed by atoms with Crippen LogP contribution in [-0.2, 0) is 0 Å². The van der Waals surface area contributed by atoms with E-state index in [4.69, 9.17) is 4.42 Å². The number of aliphatic hydroxyl groups is 1. The van der Waals surface area contributed by atoms with Crippen LogP contribution in [0.25, 0.3) is 11.1 Å². The third-order valence-corrected chi connectivity index (χ3v) is 2.89. The number of H-pyrrole nitrogens is 1. The van der Waals surface area contributed by atoms with Gasteiger partial charge in [0.25, 0.3) is 0 Å². The second-order valence-corrected chi connectivity index (χ2v) is 4.03. The van der Waals surface area contributed by atoms with E-state index in [0.29, 0.717) is 11.1 Å². The van der Waals surface area contributed by atoms with E-state index >= 15 is 0 Å². The average molecular weight is 221 g/mol. The highest BCUT2D eigenvalue weighted by Crippen LogP contribution is 2.25. The third-order valence-electron chi connectivity index (χ3n) is 2.89. The molecule has 2 N–H and O–H groups in total. The molecule has 0 aliphatic rings. The van der Waals surface area contributed by atoms with Crippen LogP contribution in [-0.4, -0.2) is 16.2 Å². The molecule has 0 saturated carbocycles. The van der Waals surface area contributed by atoms with Crippen molar-refractivity contribution >= 4 is 11.1 Å². The Balaban J connectivity index is 2.48. The highest BCUT2D eigenvalue weighted by Gasteiger charge is 2.16. The van der Waals surface area contributed by atoms with E-state index in [1.54, 1.807) is 13.0 Å². The van der Waals surface area contributed by atoms with Crippen molar-refractivity contribution in [2.75, 3.05) is 0 Å². The lowest BCUT2D eigenvalue weighted by Crippen LogP contribution is -2.13. The summed E-state index contributed by atoms with van der Waals surface area (Å²) >= 11 is 0. The number of benzene rings is 1. The first-order valence-corrected chi connectivity index (χ1v) is 5.42. The van der Waals surface area contributed by atoms with Crippen LogP contribution in [0.2, 0.25) is 0 Å². The molecule has 0 amide bonds. The van der Waals surface area contributed by atoms with Crippen LogP contribution in [0.15, 0.2) is 27.4 Å². The number of aliphatic hydroxyl groups excluding tert-OH is 1. The summed E-state index contributed by atoms with van der Waals surface area (Å²) in [6.07, 6.45) is 0.451. The molecule has 86 valence electrons. The minimum atomic E-state index is -0.447. The van der Waals surface area contributed by atoms with Gasteiger partial charge in [0.05, 0.1) is 11.6 Å². The zero-order valence-corrected chi connectivity index (χ0v) is 9.36. The summed E-state index contributed by atoms with van der Waals surface area (Å²) in [5.74, 6) is -0.361. The zero-order valence-electron chi connectivity index (χ0n) is 9.36. The molecular formula is C12H15NO3. The quantitative estimate of drug-likeness (QED) is 0.833. The molecule has 1 aromatic heterocycles. The predicted octanol–water partition coefficient (Wildman–Crippen LogP) is 2.00. The summed E-state index contributed by atoms with van der Waals surface area (Å²) in [6.45, 7) is 3.80. The molecule has 0 aliphatic heterocycles. The normalized spacial score (nSPS) is 15.2. The van der Waals surface area contributed by atoms with E-state index in [-0.39, 0.29) is 5.92 Å². The highest BCUT2D eigenvalue weighted by atomic mass is 16.4. The first kappa shape index (κ1) is 11.0. The molecule has 0 saturated heterocycles. The lowest BCUT2D eigenvalue weighted by Gasteiger charge is -2.18. The molecule has 2 rings (SSSR count). The van der Waals surface area contributed by atoms with Gasteiger partial charge in [-0.05, 0) is 31.0 Å². The first-order chi connectivity index (χ1) is 7.61. The second-order valence-electron chi connectivity index (χ2n) is 4.03. The SMILES string of the molecule is CCC(c1ccc2oc(=O)[nH]c2c1)C(C)O. The molecule has 4 heteroatoms. The fourth-order valence-electron chi connectivity index (χ4n) is 2.06. The summed E-state index contributed by atoms with van der Waals surface area (Å²) in [5, 5.41) is 9.65. The minimum Gasteiger partial charge on any atom is -0.408 e. The van der Waals surface area contributed by atoms with Crippen molar-refractivity contribution in [3.63, 3.8) is 0 Å². The molecule has 1 aromatic carbocycles. The average Bonchev–Trinajstić information content (AvgIpc) is 2.57. The maximum atomic E-state index is 11.0. The molecule has 0 fully saturated rings. The molecule has 2 unspecified atom stereocenters. The van der Waals surface area contributed by atoms with Gasteiger partial charge < -0.3 is 9.52 Å². The Bertz CT molecular complexity index is 538. The van der Waals surface area contributed by atoms with Crippen molar-refractivity contribution in [1.29, 1.82) is 0 Å². The third kappa shape index (κ3) is 1.88. The second kappa shape index (κ2) is 4.14. The van der Waals surface area contributed by atoms with Crippen molar-refractivity contribution in [3.8, 4) is 0 Å². The van der Waals surface area contributed by atoms with E-state index in [2.05, 4.69) is 4.98 Å². The number of rotatable bonds is 3. The Morgan fingerprint density at radius 2 is 2.25 bits per heavy atom. The van der Waals surface area contributed by atoms with Gasteiger partial charge in [-0.1, -0.05) is 13.0 Å². The van der Waals surface area contributed by atoms with Crippen molar-refractivity contribution < 1.29 is 9.52 Å². The fraction of sp³-hybridized carbons (Fsp3) is 0.417. The van der Waals surface area contributed by atoms with Gasteiger partial charge in [0.1, 0.15) is 0 Å². The molecule has 0 spiro atoms. The van der Waals surface area contributed by atoms with Crippen LogP contribution in [0.5, 0.6) is 0 Å². The van der Waals surface area contributed by atoms with E-state index in [1.807, 2.05) is 19.1 Å². The molecule has 1 heterocycles. The molecule has 16 heavy (non-hydrogen) atoms. The van der Waals surface area contributed by atoms with Gasteiger partial charge in [-0.3, -0.25) is 4.98 Å². The standard InChI is InChI=1S/C12H15NO3/c1-3-9(7(2)14)8-4-5-11-10(6-8)13-12(15)16-11/h4-7,9,14H,3H2,1-2H3,(H,13,15). The number of hydrogen-bond donors (Lipinski definition) is 2. The van der Waals surface area contributed by atoms with Gasteiger partial charge in [0.15, 0.2) is 5.58 Å². The molecular weight excluding hydrogens is 206 g/mol. The number of aromatic nitrogens is 1. The van der Waals surface area contributed by atoms with Gasteiger partial charge in [0.2, 0.25) is 0 Å². The van der Waals surface area contributed by atoms with Crippen molar-refractivity contribution in [2.45, 2.75) is 32.3 Å². The Hall–Kier alpha value is -1.55. The van der Waals surface area contributed by atoms with Crippen LogP contribution in [0.1, 0.15) is 31.7 Å². The largest absolute Gasteiger partial charge is 0.417 e. The van der Waals surface area contributed by atoms with Gasteiger partial charge >= 0.3 is 5.76 Å². The summed E-state index contributed by atoms with van der Waals surface area (Å²) in [4.78, 5) is 13.6. The zero-order chi connectivity index (χ0) is 11.7. The maximum absolute atomic E-state index is 11.0. The van der Waals surface area contributed by atoms with Crippen molar-refractivity contribution in [1.82, 2.24) is 4.98 Å². The van der Waals surface area contributed by atoms with E-state index < -0.39 is 11.9 Å². The Morgan fingerprint density at radius 3 is 2.88 bits per heavy atom.